The van der Waals surface area contributed by atoms with Gasteiger partial charge in [0.1, 0.15) is 5.75 Å². The summed E-state index contributed by atoms with van der Waals surface area (Å²) in [4.78, 5) is 19.8. The van der Waals surface area contributed by atoms with Crippen molar-refractivity contribution in [1.82, 2.24) is 15.2 Å². The second kappa shape index (κ2) is 8.81. The molecule has 1 aromatic carbocycles. The van der Waals surface area contributed by atoms with Crippen LogP contribution in [0.15, 0.2) is 42.7 Å². The van der Waals surface area contributed by atoms with Gasteiger partial charge in [0, 0.05) is 38.4 Å². The molecule has 0 aliphatic carbocycles. The van der Waals surface area contributed by atoms with E-state index < -0.39 is 12.4 Å². The van der Waals surface area contributed by atoms with Crippen molar-refractivity contribution < 1.29 is 22.7 Å². The molecule has 1 fully saturated rings. The smallest absolute Gasteiger partial charge is 0.387 e. The average molecular weight is 394 g/mol. The fraction of sp³-hybridized carbons (Fsp3) is 0.368. The Bertz CT molecular complexity index is 821. The van der Waals surface area contributed by atoms with Crippen LogP contribution in [0.3, 0.4) is 0 Å². The Kier molecular flexibility index (Phi) is 6.23. The molecule has 2 heterocycles. The van der Waals surface area contributed by atoms with Crippen LogP contribution in [-0.4, -0.2) is 48.2 Å². The Hall–Kier alpha value is -2.97. The number of nitrogens with zero attached hydrogens (tertiary/aromatic N) is 3. The van der Waals surface area contributed by atoms with Crippen molar-refractivity contribution in [3.63, 3.8) is 0 Å². The predicted molar refractivity (Wildman–Crippen MR) is 97.9 cm³/mol. The summed E-state index contributed by atoms with van der Waals surface area (Å²) in [5.74, 6) is -0.346. The van der Waals surface area contributed by atoms with E-state index in [1.54, 1.807) is 23.1 Å². The maximum Gasteiger partial charge on any atom is 0.387 e. The number of alkyl halides is 2. The average Bonchev–Trinajstić information content (AvgIpc) is 2.66. The van der Waals surface area contributed by atoms with Crippen molar-refractivity contribution >= 4 is 11.7 Å². The van der Waals surface area contributed by atoms with Crippen LogP contribution in [0, 0.1) is 5.82 Å². The van der Waals surface area contributed by atoms with Crippen molar-refractivity contribution in [3.05, 3.63) is 54.1 Å². The summed E-state index contributed by atoms with van der Waals surface area (Å²) in [6, 6.07) is 7.47. The first kappa shape index (κ1) is 19.8. The zero-order chi connectivity index (χ0) is 20.1. The van der Waals surface area contributed by atoms with Crippen LogP contribution in [0.2, 0.25) is 0 Å². The van der Waals surface area contributed by atoms with Crippen LogP contribution in [0.5, 0.6) is 5.75 Å². The van der Waals surface area contributed by atoms with E-state index in [1.807, 2.05) is 11.8 Å². The van der Waals surface area contributed by atoms with E-state index >= 15 is 0 Å². The number of carbonyl (C=O) groups excluding carboxylic acids is 1. The van der Waals surface area contributed by atoms with Gasteiger partial charge in [-0.05, 0) is 30.7 Å². The Balaban J connectivity index is 1.54. The molecule has 3 rings (SSSR count). The van der Waals surface area contributed by atoms with Crippen molar-refractivity contribution in [3.8, 4) is 5.75 Å². The third kappa shape index (κ3) is 4.85. The molecule has 0 bridgehead atoms. The van der Waals surface area contributed by atoms with Gasteiger partial charge >= 0.3 is 12.6 Å². The second-order valence-electron chi connectivity index (χ2n) is 6.50. The highest BCUT2D eigenvalue weighted by atomic mass is 19.3. The van der Waals surface area contributed by atoms with Gasteiger partial charge in [0.25, 0.3) is 0 Å². The molecule has 0 radical (unpaired) electrons. The normalized spacial score (nSPS) is 17.0. The minimum absolute atomic E-state index is 0.0448. The number of anilines is 1. The SMILES string of the molecule is C[C@H]1CN(C(=O)NCc2cccc(OC(F)F)c2)CCN1c1ccncc1F. The number of piperazine rings is 1. The van der Waals surface area contributed by atoms with Crippen molar-refractivity contribution in [2.45, 2.75) is 26.1 Å². The summed E-state index contributed by atoms with van der Waals surface area (Å²) in [7, 11) is 0. The van der Waals surface area contributed by atoms with Crippen molar-refractivity contribution in [2.24, 2.45) is 0 Å². The Morgan fingerprint density at radius 3 is 2.89 bits per heavy atom. The molecule has 1 aliphatic heterocycles. The van der Waals surface area contributed by atoms with Crippen LogP contribution < -0.4 is 15.0 Å². The summed E-state index contributed by atoms with van der Waals surface area (Å²) in [6.45, 7) is 0.576. The number of nitrogens with one attached hydrogen (secondary N) is 1. The van der Waals surface area contributed by atoms with Crippen LogP contribution in [0.25, 0.3) is 0 Å². The molecule has 1 aromatic heterocycles. The number of ether oxygens (including phenoxy) is 1. The van der Waals surface area contributed by atoms with Gasteiger partial charge in [-0.3, -0.25) is 4.98 Å². The first-order chi connectivity index (χ1) is 13.4. The first-order valence-electron chi connectivity index (χ1n) is 8.86. The molecule has 1 N–H and O–H groups in total. The molecule has 2 aromatic rings. The number of urea groups is 1. The largest absolute Gasteiger partial charge is 0.435 e. The van der Waals surface area contributed by atoms with E-state index in [4.69, 9.17) is 0 Å². The Labute approximate surface area is 160 Å². The van der Waals surface area contributed by atoms with Gasteiger partial charge in [0.05, 0.1) is 11.9 Å². The highest BCUT2D eigenvalue weighted by Gasteiger charge is 2.28. The van der Waals surface area contributed by atoms with Gasteiger partial charge in [-0.25, -0.2) is 9.18 Å². The third-order valence-corrected chi connectivity index (χ3v) is 4.54. The molecule has 1 aliphatic rings. The van der Waals surface area contributed by atoms with Gasteiger partial charge < -0.3 is 19.9 Å². The van der Waals surface area contributed by atoms with Crippen molar-refractivity contribution in [1.29, 1.82) is 0 Å². The number of benzene rings is 1. The van der Waals surface area contributed by atoms with Crippen molar-refractivity contribution in [2.75, 3.05) is 24.5 Å². The number of rotatable bonds is 5. The molecule has 2 amide bonds. The van der Waals surface area contributed by atoms with E-state index in [0.29, 0.717) is 30.9 Å². The number of hydrogen-bond donors (Lipinski definition) is 1. The number of hydrogen-bond acceptors (Lipinski definition) is 4. The van der Waals surface area contributed by atoms with Gasteiger partial charge in [0.2, 0.25) is 0 Å². The van der Waals surface area contributed by atoms with Gasteiger partial charge in [-0.2, -0.15) is 8.78 Å². The molecule has 1 atom stereocenters. The minimum Gasteiger partial charge on any atom is -0.435 e. The van der Waals surface area contributed by atoms with E-state index in [-0.39, 0.29) is 24.4 Å². The quantitative estimate of drug-likeness (QED) is 0.846. The lowest BCUT2D eigenvalue weighted by Gasteiger charge is -2.41. The number of amides is 2. The number of pyridine rings is 1. The molecule has 9 heteroatoms. The predicted octanol–water partition coefficient (Wildman–Crippen LogP) is 3.24. The fourth-order valence-corrected chi connectivity index (χ4v) is 3.22. The second-order valence-corrected chi connectivity index (χ2v) is 6.50. The highest BCUT2D eigenvalue weighted by Crippen LogP contribution is 2.23. The summed E-state index contributed by atoms with van der Waals surface area (Å²) >= 11 is 0. The highest BCUT2D eigenvalue weighted by molar-refractivity contribution is 5.74. The van der Waals surface area contributed by atoms with Gasteiger partial charge in [-0.1, -0.05) is 12.1 Å². The van der Waals surface area contributed by atoms with E-state index in [1.165, 1.54) is 24.5 Å². The zero-order valence-corrected chi connectivity index (χ0v) is 15.3. The topological polar surface area (TPSA) is 57.7 Å². The number of carbonyl (C=O) groups is 1. The molecular weight excluding hydrogens is 373 g/mol. The Morgan fingerprint density at radius 1 is 1.36 bits per heavy atom. The summed E-state index contributed by atoms with van der Waals surface area (Å²) in [6.07, 6.45) is 2.71. The monoisotopic (exact) mass is 394 g/mol. The van der Waals surface area contributed by atoms with E-state index in [0.717, 1.165) is 0 Å². The summed E-state index contributed by atoms with van der Waals surface area (Å²) in [5.41, 5.74) is 1.12. The Morgan fingerprint density at radius 2 is 2.18 bits per heavy atom. The lowest BCUT2D eigenvalue weighted by molar-refractivity contribution is -0.0498. The fourth-order valence-electron chi connectivity index (χ4n) is 3.22. The summed E-state index contributed by atoms with van der Waals surface area (Å²) < 4.78 is 42.9. The lowest BCUT2D eigenvalue weighted by atomic mass is 10.1. The molecule has 28 heavy (non-hydrogen) atoms. The van der Waals surface area contributed by atoms with Crippen LogP contribution >= 0.6 is 0 Å². The standard InChI is InChI=1S/C19H21F3N4O2/c1-13-12-25(7-8-26(13)17-5-6-23-11-16(17)20)19(27)24-10-14-3-2-4-15(9-14)28-18(21)22/h2-6,9,11,13,18H,7-8,10,12H2,1H3,(H,24,27)/t13-/m0/s1. The molecule has 0 spiro atoms. The first-order valence-corrected chi connectivity index (χ1v) is 8.86. The van der Waals surface area contributed by atoms with Gasteiger partial charge in [-0.15, -0.1) is 0 Å². The molecule has 1 saturated heterocycles. The third-order valence-electron chi connectivity index (χ3n) is 4.54. The van der Waals surface area contributed by atoms with Gasteiger partial charge in [0.15, 0.2) is 5.82 Å². The summed E-state index contributed by atoms with van der Waals surface area (Å²) in [5, 5.41) is 2.78. The maximum absolute atomic E-state index is 14.0. The molecular formula is C19H21F3N4O2. The molecule has 6 nitrogen and oxygen atoms in total. The van der Waals surface area contributed by atoms with Crippen LogP contribution in [-0.2, 0) is 6.54 Å². The lowest BCUT2D eigenvalue weighted by Crippen LogP contribution is -2.56. The molecule has 0 saturated carbocycles. The molecule has 150 valence electrons. The number of halogens is 3. The van der Waals surface area contributed by atoms with Crippen LogP contribution in [0.4, 0.5) is 23.7 Å². The van der Waals surface area contributed by atoms with E-state index in [9.17, 15) is 18.0 Å². The van der Waals surface area contributed by atoms with E-state index in [2.05, 4.69) is 15.0 Å². The molecule has 0 unspecified atom stereocenters. The zero-order valence-electron chi connectivity index (χ0n) is 15.3. The maximum atomic E-state index is 14.0. The minimum atomic E-state index is -2.90. The van der Waals surface area contributed by atoms with Crippen LogP contribution in [0.1, 0.15) is 12.5 Å². The number of aromatic nitrogens is 1.